The number of halogens is 2. The second kappa shape index (κ2) is 8.83. The van der Waals surface area contributed by atoms with Crippen molar-refractivity contribution in [3.63, 3.8) is 0 Å². The van der Waals surface area contributed by atoms with Crippen molar-refractivity contribution in [3.8, 4) is 6.07 Å². The molecule has 27 heavy (non-hydrogen) atoms. The Balaban J connectivity index is 1.73. The predicted octanol–water partition coefficient (Wildman–Crippen LogP) is 6.28. The monoisotopic (exact) mass is 414 g/mol. The number of nitriles is 1. The molecule has 4 nitrogen and oxygen atoms in total. The molecule has 134 valence electrons. The zero-order valence-corrected chi connectivity index (χ0v) is 16.1. The van der Waals surface area contributed by atoms with Crippen LogP contribution in [0.4, 0.5) is 5.69 Å². The summed E-state index contributed by atoms with van der Waals surface area (Å²) in [7, 11) is 0. The number of carbonyl (C=O) groups is 1. The van der Waals surface area contributed by atoms with Crippen LogP contribution in [0.2, 0.25) is 10.0 Å². The molecule has 0 saturated carbocycles. The molecule has 0 fully saturated rings. The van der Waals surface area contributed by atoms with Gasteiger partial charge < -0.3 is 9.73 Å². The Kier molecular flexibility index (Phi) is 6.25. The van der Waals surface area contributed by atoms with E-state index in [9.17, 15) is 10.1 Å². The van der Waals surface area contributed by atoms with E-state index in [1.165, 1.54) is 23.9 Å². The molecule has 1 amide bonds. The van der Waals surface area contributed by atoms with Crippen LogP contribution in [0.3, 0.4) is 0 Å². The van der Waals surface area contributed by atoms with Gasteiger partial charge in [0.05, 0.1) is 10.0 Å². The molecule has 0 aliphatic heterocycles. The minimum Gasteiger partial charge on any atom is -0.450 e. The van der Waals surface area contributed by atoms with Gasteiger partial charge in [-0.3, -0.25) is 4.79 Å². The Morgan fingerprint density at radius 1 is 1.07 bits per heavy atom. The lowest BCUT2D eigenvalue weighted by Gasteiger charge is -2.05. The van der Waals surface area contributed by atoms with E-state index in [1.54, 1.807) is 24.3 Å². The van der Waals surface area contributed by atoms with Crippen molar-refractivity contribution >= 4 is 52.6 Å². The average Bonchev–Trinajstić information content (AvgIpc) is 3.10. The van der Waals surface area contributed by atoms with Crippen LogP contribution in [0, 0.1) is 11.3 Å². The van der Waals surface area contributed by atoms with E-state index in [1.807, 2.05) is 36.4 Å². The largest absolute Gasteiger partial charge is 0.450 e. The van der Waals surface area contributed by atoms with Crippen molar-refractivity contribution in [2.45, 2.75) is 9.99 Å². The highest BCUT2D eigenvalue weighted by Gasteiger charge is 2.12. The number of nitrogens with zero attached hydrogens (tertiary/aromatic N) is 1. The Bertz CT molecular complexity index is 1040. The fourth-order valence-corrected chi connectivity index (χ4v) is 3.23. The molecule has 0 bridgehead atoms. The summed E-state index contributed by atoms with van der Waals surface area (Å²) in [5.41, 5.74) is 0.349. The summed E-state index contributed by atoms with van der Waals surface area (Å²) in [4.78, 5) is 13.3. The molecule has 2 aromatic carbocycles. The molecule has 1 N–H and O–H groups in total. The van der Waals surface area contributed by atoms with Crippen molar-refractivity contribution in [1.29, 1.82) is 5.26 Å². The number of benzene rings is 2. The highest BCUT2D eigenvalue weighted by Crippen LogP contribution is 2.30. The molecule has 0 unspecified atom stereocenters. The number of carbonyl (C=O) groups excluding carboxylic acids is 1. The van der Waals surface area contributed by atoms with Crippen molar-refractivity contribution in [2.24, 2.45) is 0 Å². The number of hydrogen-bond acceptors (Lipinski definition) is 4. The first kappa shape index (κ1) is 19.1. The molecule has 3 rings (SSSR count). The van der Waals surface area contributed by atoms with E-state index in [2.05, 4.69) is 5.32 Å². The third kappa shape index (κ3) is 5.18. The predicted molar refractivity (Wildman–Crippen MR) is 108 cm³/mol. The van der Waals surface area contributed by atoms with E-state index >= 15 is 0 Å². The van der Waals surface area contributed by atoms with E-state index in [4.69, 9.17) is 27.6 Å². The maximum Gasteiger partial charge on any atom is 0.266 e. The van der Waals surface area contributed by atoms with E-state index < -0.39 is 5.91 Å². The summed E-state index contributed by atoms with van der Waals surface area (Å²) in [5.74, 6) is -0.154. The quantitative estimate of drug-likeness (QED) is 0.393. The van der Waals surface area contributed by atoms with Gasteiger partial charge in [-0.05, 0) is 42.5 Å². The van der Waals surface area contributed by atoms with Crippen LogP contribution in [0.1, 0.15) is 5.76 Å². The van der Waals surface area contributed by atoms with Crippen molar-refractivity contribution in [1.82, 2.24) is 0 Å². The standard InChI is InChI=1S/C20H12Cl2N2O2S/c21-17-8-6-14(11-18(17)22)24-20(25)13(12-23)10-15-7-9-19(26-15)27-16-4-2-1-3-5-16/h1-11H,(H,24,25)/b13-10-. The number of hydrogen-bond donors (Lipinski definition) is 1. The van der Waals surface area contributed by atoms with Gasteiger partial charge in [0.25, 0.3) is 5.91 Å². The molecule has 1 heterocycles. The van der Waals surface area contributed by atoms with E-state index in [0.29, 0.717) is 26.6 Å². The van der Waals surface area contributed by atoms with Crippen LogP contribution in [0.5, 0.6) is 0 Å². The molecule has 0 aliphatic carbocycles. The zero-order chi connectivity index (χ0) is 19.2. The third-order valence-electron chi connectivity index (χ3n) is 3.39. The van der Waals surface area contributed by atoms with Crippen LogP contribution < -0.4 is 5.32 Å². The topological polar surface area (TPSA) is 66.0 Å². The number of anilines is 1. The van der Waals surface area contributed by atoms with Crippen LogP contribution >= 0.6 is 35.0 Å². The smallest absolute Gasteiger partial charge is 0.266 e. The normalized spacial score (nSPS) is 11.1. The van der Waals surface area contributed by atoms with Crippen LogP contribution in [-0.2, 0) is 4.79 Å². The number of amides is 1. The van der Waals surface area contributed by atoms with E-state index in [-0.39, 0.29) is 5.57 Å². The van der Waals surface area contributed by atoms with Gasteiger partial charge >= 0.3 is 0 Å². The lowest BCUT2D eigenvalue weighted by molar-refractivity contribution is -0.112. The first-order chi connectivity index (χ1) is 13.0. The molecule has 7 heteroatoms. The Morgan fingerprint density at radius 2 is 1.85 bits per heavy atom. The maximum absolute atomic E-state index is 12.3. The van der Waals surface area contributed by atoms with Gasteiger partial charge in [0, 0.05) is 16.7 Å². The van der Waals surface area contributed by atoms with Gasteiger partial charge in [-0.15, -0.1) is 0 Å². The fourth-order valence-electron chi connectivity index (χ4n) is 2.13. The minimum absolute atomic E-state index is 0.0910. The molecule has 3 aromatic rings. The van der Waals surface area contributed by atoms with Crippen molar-refractivity contribution in [2.75, 3.05) is 5.32 Å². The molecule has 0 spiro atoms. The van der Waals surface area contributed by atoms with Gasteiger partial charge in [-0.25, -0.2) is 0 Å². The second-order valence-corrected chi connectivity index (χ2v) is 7.22. The highest BCUT2D eigenvalue weighted by atomic mass is 35.5. The van der Waals surface area contributed by atoms with Gasteiger partial charge in [0.15, 0.2) is 5.09 Å². The number of nitrogens with one attached hydrogen (secondary N) is 1. The van der Waals surface area contributed by atoms with Crippen LogP contribution in [-0.4, -0.2) is 5.91 Å². The molecule has 1 aromatic heterocycles. The Hall–Kier alpha value is -2.65. The third-order valence-corrected chi connectivity index (χ3v) is 5.06. The summed E-state index contributed by atoms with van der Waals surface area (Å²) in [6, 6.07) is 19.8. The molecule has 0 saturated heterocycles. The Labute approximate surface area is 170 Å². The fraction of sp³-hybridized carbons (Fsp3) is 0. The summed E-state index contributed by atoms with van der Waals surface area (Å²) in [6.07, 6.45) is 1.39. The minimum atomic E-state index is -0.565. The summed E-state index contributed by atoms with van der Waals surface area (Å²) in [5, 5.41) is 13.3. The van der Waals surface area contributed by atoms with Crippen molar-refractivity contribution in [3.05, 3.63) is 82.0 Å². The summed E-state index contributed by atoms with van der Waals surface area (Å²) < 4.78 is 5.67. The maximum atomic E-state index is 12.3. The molecule has 0 atom stereocenters. The van der Waals surface area contributed by atoms with Crippen molar-refractivity contribution < 1.29 is 9.21 Å². The van der Waals surface area contributed by atoms with Gasteiger partial charge in [-0.1, -0.05) is 53.2 Å². The first-order valence-electron chi connectivity index (χ1n) is 7.76. The summed E-state index contributed by atoms with van der Waals surface area (Å²) in [6.45, 7) is 0. The first-order valence-corrected chi connectivity index (χ1v) is 9.33. The molecule has 0 aliphatic rings. The lowest BCUT2D eigenvalue weighted by atomic mass is 10.2. The average molecular weight is 415 g/mol. The molecule has 0 radical (unpaired) electrons. The highest BCUT2D eigenvalue weighted by molar-refractivity contribution is 7.99. The zero-order valence-electron chi connectivity index (χ0n) is 13.8. The second-order valence-electron chi connectivity index (χ2n) is 5.32. The summed E-state index contributed by atoms with van der Waals surface area (Å²) >= 11 is 13.2. The Morgan fingerprint density at radius 3 is 2.56 bits per heavy atom. The van der Waals surface area contributed by atoms with Gasteiger partial charge in [-0.2, -0.15) is 5.26 Å². The van der Waals surface area contributed by atoms with E-state index in [0.717, 1.165) is 4.90 Å². The number of furan rings is 1. The van der Waals surface area contributed by atoms with Crippen LogP contribution in [0.15, 0.2) is 80.6 Å². The number of rotatable bonds is 5. The molecular weight excluding hydrogens is 403 g/mol. The van der Waals surface area contributed by atoms with Crippen LogP contribution in [0.25, 0.3) is 6.08 Å². The van der Waals surface area contributed by atoms with Gasteiger partial charge in [0.2, 0.25) is 0 Å². The SMILES string of the molecule is N#C/C(=C/c1ccc(Sc2ccccc2)o1)C(=O)Nc1ccc(Cl)c(Cl)c1. The van der Waals surface area contributed by atoms with Gasteiger partial charge in [0.1, 0.15) is 17.4 Å². The molecular formula is C20H12Cl2N2O2S. The lowest BCUT2D eigenvalue weighted by Crippen LogP contribution is -2.13.